The van der Waals surface area contributed by atoms with E-state index >= 15 is 0 Å². The lowest BCUT2D eigenvalue weighted by atomic mass is 10.1. The number of carbonyl (C=O) groups excluding carboxylic acids is 1. The summed E-state index contributed by atoms with van der Waals surface area (Å²) in [6.07, 6.45) is 1.50. The number of H-pyrrole nitrogens is 2. The van der Waals surface area contributed by atoms with Crippen molar-refractivity contribution in [2.24, 2.45) is 0 Å². The molecule has 8 nitrogen and oxygen atoms in total. The summed E-state index contributed by atoms with van der Waals surface area (Å²) in [5, 5.41) is 3.03. The van der Waals surface area contributed by atoms with Crippen LogP contribution in [0.4, 0.5) is 0 Å². The average molecular weight is 340 g/mol. The standard InChI is InChI=1S/C17H16N4O4/c1-2-21-16(24)12-4-3-11(8-13(12)20-17(21)25)15(23)19-9-10-5-6-18-14(22)7-10/h3-8H,2,9H2,1H3,(H,18,22)(H,19,23)(H,20,25). The minimum Gasteiger partial charge on any atom is -0.348 e. The van der Waals surface area contributed by atoms with E-state index in [1.54, 1.807) is 13.0 Å². The van der Waals surface area contributed by atoms with Crippen LogP contribution in [0.3, 0.4) is 0 Å². The van der Waals surface area contributed by atoms with Crippen LogP contribution in [-0.2, 0) is 13.1 Å². The van der Waals surface area contributed by atoms with Crippen molar-refractivity contribution in [3.8, 4) is 0 Å². The Labute approximate surface area is 141 Å². The number of nitrogens with one attached hydrogen (secondary N) is 3. The van der Waals surface area contributed by atoms with Gasteiger partial charge in [0.25, 0.3) is 11.5 Å². The molecule has 128 valence electrons. The zero-order valence-corrected chi connectivity index (χ0v) is 13.5. The quantitative estimate of drug-likeness (QED) is 0.634. The predicted molar refractivity (Wildman–Crippen MR) is 92.7 cm³/mol. The molecule has 3 aromatic rings. The molecular formula is C17H16N4O4. The summed E-state index contributed by atoms with van der Waals surface area (Å²) in [5.41, 5.74) is 0.127. The van der Waals surface area contributed by atoms with Crippen molar-refractivity contribution >= 4 is 16.8 Å². The molecule has 8 heteroatoms. The van der Waals surface area contributed by atoms with Crippen LogP contribution in [0.1, 0.15) is 22.8 Å². The molecule has 1 aromatic carbocycles. The van der Waals surface area contributed by atoms with Crippen LogP contribution in [0, 0.1) is 0 Å². The molecule has 2 heterocycles. The number of hydrogen-bond acceptors (Lipinski definition) is 4. The third-order valence-electron chi connectivity index (χ3n) is 3.85. The highest BCUT2D eigenvalue weighted by molar-refractivity contribution is 5.97. The molecule has 3 N–H and O–H groups in total. The molecule has 0 unspecified atom stereocenters. The second-order valence-electron chi connectivity index (χ2n) is 5.48. The van der Waals surface area contributed by atoms with E-state index < -0.39 is 11.2 Å². The van der Waals surface area contributed by atoms with Crippen LogP contribution in [0.25, 0.3) is 10.9 Å². The monoisotopic (exact) mass is 340 g/mol. The van der Waals surface area contributed by atoms with Crippen molar-refractivity contribution in [3.05, 3.63) is 78.8 Å². The molecule has 0 aliphatic rings. The zero-order valence-electron chi connectivity index (χ0n) is 13.5. The predicted octanol–water partition coefficient (Wildman–Crippen LogP) is 0.328. The first-order valence-corrected chi connectivity index (χ1v) is 7.72. The lowest BCUT2D eigenvalue weighted by molar-refractivity contribution is 0.0951. The topological polar surface area (TPSA) is 117 Å². The Hall–Kier alpha value is -3.42. The van der Waals surface area contributed by atoms with Gasteiger partial charge in [0.05, 0.1) is 10.9 Å². The van der Waals surface area contributed by atoms with Crippen molar-refractivity contribution in [2.75, 3.05) is 0 Å². The van der Waals surface area contributed by atoms with E-state index in [-0.39, 0.29) is 24.6 Å². The summed E-state index contributed by atoms with van der Waals surface area (Å²) in [5.74, 6) is -0.372. The summed E-state index contributed by atoms with van der Waals surface area (Å²) in [6.45, 7) is 2.16. The molecule has 3 rings (SSSR count). The van der Waals surface area contributed by atoms with Gasteiger partial charge in [0.15, 0.2) is 0 Å². The van der Waals surface area contributed by atoms with Gasteiger partial charge in [0.2, 0.25) is 5.56 Å². The molecule has 25 heavy (non-hydrogen) atoms. The van der Waals surface area contributed by atoms with E-state index in [1.165, 1.54) is 30.5 Å². The van der Waals surface area contributed by atoms with Gasteiger partial charge in [-0.1, -0.05) is 0 Å². The van der Waals surface area contributed by atoms with Crippen LogP contribution in [0.15, 0.2) is 50.9 Å². The van der Waals surface area contributed by atoms with Gasteiger partial charge in [-0.15, -0.1) is 0 Å². The zero-order chi connectivity index (χ0) is 18.0. The number of nitrogens with zero attached hydrogens (tertiary/aromatic N) is 1. The smallest absolute Gasteiger partial charge is 0.328 e. The Kier molecular flexibility index (Phi) is 4.34. The Balaban J connectivity index is 1.88. The molecule has 1 amide bonds. The minimum absolute atomic E-state index is 0.189. The van der Waals surface area contributed by atoms with Gasteiger partial charge >= 0.3 is 5.69 Å². The number of hydrogen-bond donors (Lipinski definition) is 3. The number of aromatic amines is 2. The normalized spacial score (nSPS) is 10.8. The van der Waals surface area contributed by atoms with Crippen LogP contribution < -0.4 is 22.1 Å². The third-order valence-corrected chi connectivity index (χ3v) is 3.85. The molecule has 2 aromatic heterocycles. The molecule has 0 aliphatic carbocycles. The fourth-order valence-electron chi connectivity index (χ4n) is 2.57. The fraction of sp³-hybridized carbons (Fsp3) is 0.176. The Morgan fingerprint density at radius 3 is 2.68 bits per heavy atom. The molecule has 0 bridgehead atoms. The second kappa shape index (κ2) is 6.60. The maximum atomic E-state index is 12.3. The third kappa shape index (κ3) is 3.27. The van der Waals surface area contributed by atoms with Crippen molar-refractivity contribution in [1.29, 1.82) is 0 Å². The van der Waals surface area contributed by atoms with Gasteiger partial charge in [-0.3, -0.25) is 19.0 Å². The summed E-state index contributed by atoms with van der Waals surface area (Å²) in [4.78, 5) is 52.7. The highest BCUT2D eigenvalue weighted by Crippen LogP contribution is 2.09. The molecule has 0 saturated carbocycles. The van der Waals surface area contributed by atoms with E-state index in [0.29, 0.717) is 22.0 Å². The van der Waals surface area contributed by atoms with Gasteiger partial charge in [-0.25, -0.2) is 4.79 Å². The van der Waals surface area contributed by atoms with Crippen LogP contribution >= 0.6 is 0 Å². The second-order valence-corrected chi connectivity index (χ2v) is 5.48. The van der Waals surface area contributed by atoms with Gasteiger partial charge in [-0.05, 0) is 36.8 Å². The number of carbonyl (C=O) groups is 1. The van der Waals surface area contributed by atoms with Crippen LogP contribution in [0.5, 0.6) is 0 Å². The lowest BCUT2D eigenvalue weighted by Crippen LogP contribution is -2.34. The first-order valence-electron chi connectivity index (χ1n) is 7.72. The number of rotatable bonds is 4. The maximum absolute atomic E-state index is 12.3. The maximum Gasteiger partial charge on any atom is 0.328 e. The minimum atomic E-state index is -0.513. The van der Waals surface area contributed by atoms with Crippen molar-refractivity contribution in [2.45, 2.75) is 20.0 Å². The van der Waals surface area contributed by atoms with Crippen LogP contribution in [-0.4, -0.2) is 20.4 Å². The first-order chi connectivity index (χ1) is 12.0. The number of fused-ring (bicyclic) bond motifs is 1. The highest BCUT2D eigenvalue weighted by atomic mass is 16.2. The molecule has 0 radical (unpaired) electrons. The van der Waals surface area contributed by atoms with Crippen molar-refractivity contribution in [1.82, 2.24) is 19.9 Å². The fourth-order valence-corrected chi connectivity index (χ4v) is 2.57. The Bertz CT molecular complexity index is 1120. The molecule has 0 fully saturated rings. The van der Waals surface area contributed by atoms with Crippen molar-refractivity contribution in [3.63, 3.8) is 0 Å². The molecular weight excluding hydrogens is 324 g/mol. The SMILES string of the molecule is CCn1c(=O)[nH]c2cc(C(=O)NCc3cc[nH]c(=O)c3)ccc2c1=O. The largest absolute Gasteiger partial charge is 0.348 e. The molecule has 0 atom stereocenters. The number of pyridine rings is 1. The number of aromatic nitrogens is 3. The summed E-state index contributed by atoms with van der Waals surface area (Å²) in [7, 11) is 0. The Morgan fingerprint density at radius 2 is 1.96 bits per heavy atom. The van der Waals surface area contributed by atoms with E-state index in [2.05, 4.69) is 15.3 Å². The average Bonchev–Trinajstić information content (AvgIpc) is 2.59. The van der Waals surface area contributed by atoms with E-state index in [4.69, 9.17) is 0 Å². The summed E-state index contributed by atoms with van der Waals surface area (Å²) >= 11 is 0. The van der Waals surface area contributed by atoms with Gasteiger partial charge in [0.1, 0.15) is 0 Å². The van der Waals surface area contributed by atoms with Crippen molar-refractivity contribution < 1.29 is 4.79 Å². The molecule has 0 aliphatic heterocycles. The van der Waals surface area contributed by atoms with Gasteiger partial charge in [0, 0.05) is 30.9 Å². The van der Waals surface area contributed by atoms with Gasteiger partial charge < -0.3 is 15.3 Å². The van der Waals surface area contributed by atoms with E-state index in [0.717, 1.165) is 4.57 Å². The molecule has 0 spiro atoms. The lowest BCUT2D eigenvalue weighted by Gasteiger charge is -2.07. The summed E-state index contributed by atoms with van der Waals surface area (Å²) in [6, 6.07) is 7.58. The van der Waals surface area contributed by atoms with Crippen LogP contribution in [0.2, 0.25) is 0 Å². The number of amides is 1. The first kappa shape index (κ1) is 16.4. The Morgan fingerprint density at radius 1 is 1.16 bits per heavy atom. The molecule has 0 saturated heterocycles. The summed E-state index contributed by atoms with van der Waals surface area (Å²) < 4.78 is 1.09. The highest BCUT2D eigenvalue weighted by Gasteiger charge is 2.10. The number of benzene rings is 1. The van der Waals surface area contributed by atoms with E-state index in [9.17, 15) is 19.2 Å². The van der Waals surface area contributed by atoms with E-state index in [1.807, 2.05) is 0 Å². The van der Waals surface area contributed by atoms with Gasteiger partial charge in [-0.2, -0.15) is 0 Å².